The third-order valence-corrected chi connectivity index (χ3v) is 4.44. The van der Waals surface area contributed by atoms with Crippen molar-refractivity contribution in [2.45, 2.75) is 37.5 Å². The number of alkyl halides is 3. The third-order valence-electron chi connectivity index (χ3n) is 3.65. The summed E-state index contributed by atoms with van der Waals surface area (Å²) < 4.78 is 40.0. The molecular formula is C14H16BrF3. The van der Waals surface area contributed by atoms with Crippen molar-refractivity contribution in [3.05, 3.63) is 35.6 Å². The second-order valence-corrected chi connectivity index (χ2v) is 5.72. The Kier molecular flexibility index (Phi) is 4.36. The van der Waals surface area contributed by atoms with Gasteiger partial charge >= 0.3 is 0 Å². The van der Waals surface area contributed by atoms with Crippen molar-refractivity contribution < 1.29 is 13.2 Å². The summed E-state index contributed by atoms with van der Waals surface area (Å²) in [6.07, 6.45) is 1.10. The van der Waals surface area contributed by atoms with Crippen molar-refractivity contribution in [2.24, 2.45) is 5.92 Å². The van der Waals surface area contributed by atoms with Gasteiger partial charge in [0.25, 0.3) is 0 Å². The van der Waals surface area contributed by atoms with Gasteiger partial charge in [-0.05, 0) is 36.3 Å². The van der Waals surface area contributed by atoms with Crippen LogP contribution < -0.4 is 0 Å². The van der Waals surface area contributed by atoms with Gasteiger partial charge in [0, 0.05) is 18.2 Å². The summed E-state index contributed by atoms with van der Waals surface area (Å²) >= 11 is 3.37. The van der Waals surface area contributed by atoms with E-state index in [2.05, 4.69) is 15.9 Å². The van der Waals surface area contributed by atoms with Crippen LogP contribution in [0.3, 0.4) is 0 Å². The summed E-state index contributed by atoms with van der Waals surface area (Å²) in [5.41, 5.74) is 0.629. The van der Waals surface area contributed by atoms with Gasteiger partial charge in [0.05, 0.1) is 0 Å². The molecule has 1 aliphatic carbocycles. The van der Waals surface area contributed by atoms with Gasteiger partial charge in [0.1, 0.15) is 5.82 Å². The van der Waals surface area contributed by atoms with E-state index in [1.54, 1.807) is 18.2 Å². The molecule has 1 saturated carbocycles. The Hall–Kier alpha value is -0.510. The van der Waals surface area contributed by atoms with E-state index in [-0.39, 0.29) is 30.5 Å². The lowest BCUT2D eigenvalue weighted by Gasteiger charge is -2.19. The van der Waals surface area contributed by atoms with E-state index in [9.17, 15) is 13.2 Å². The molecule has 0 bridgehead atoms. The zero-order valence-electron chi connectivity index (χ0n) is 10.0. The van der Waals surface area contributed by atoms with E-state index in [1.807, 2.05) is 0 Å². The molecule has 0 spiro atoms. The highest BCUT2D eigenvalue weighted by Gasteiger charge is 2.40. The average Bonchev–Trinajstić information content (AvgIpc) is 2.67. The van der Waals surface area contributed by atoms with Crippen molar-refractivity contribution in [3.8, 4) is 0 Å². The molecule has 0 heterocycles. The van der Waals surface area contributed by atoms with Gasteiger partial charge < -0.3 is 0 Å². The summed E-state index contributed by atoms with van der Waals surface area (Å²) in [6.45, 7) is 0. The van der Waals surface area contributed by atoms with E-state index >= 15 is 0 Å². The Balaban J connectivity index is 2.05. The Bertz CT molecular complexity index is 406. The predicted molar refractivity (Wildman–Crippen MR) is 69.8 cm³/mol. The SMILES string of the molecule is Fc1ccccc1C(CBr)CC1CCC(F)(F)C1. The van der Waals surface area contributed by atoms with Gasteiger partial charge in [-0.2, -0.15) is 0 Å². The molecule has 0 aliphatic heterocycles. The maximum absolute atomic E-state index is 13.7. The van der Waals surface area contributed by atoms with Crippen LogP contribution in [0.15, 0.2) is 24.3 Å². The maximum Gasteiger partial charge on any atom is 0.248 e. The molecule has 0 saturated heterocycles. The van der Waals surface area contributed by atoms with Crippen molar-refractivity contribution >= 4 is 15.9 Å². The predicted octanol–water partition coefficient (Wildman–Crippen LogP) is 5.13. The summed E-state index contributed by atoms with van der Waals surface area (Å²) in [7, 11) is 0. The van der Waals surface area contributed by atoms with Gasteiger partial charge in [-0.15, -0.1) is 0 Å². The maximum atomic E-state index is 13.7. The highest BCUT2D eigenvalue weighted by atomic mass is 79.9. The lowest BCUT2D eigenvalue weighted by atomic mass is 9.89. The molecule has 0 nitrogen and oxygen atoms in total. The van der Waals surface area contributed by atoms with Gasteiger partial charge in [-0.3, -0.25) is 0 Å². The van der Waals surface area contributed by atoms with E-state index in [0.29, 0.717) is 23.7 Å². The topological polar surface area (TPSA) is 0 Å². The van der Waals surface area contributed by atoms with E-state index < -0.39 is 5.92 Å². The molecule has 0 N–H and O–H groups in total. The minimum Gasteiger partial charge on any atom is -0.207 e. The van der Waals surface area contributed by atoms with Crippen molar-refractivity contribution in [1.82, 2.24) is 0 Å². The minimum atomic E-state index is -2.52. The van der Waals surface area contributed by atoms with Crippen LogP contribution >= 0.6 is 15.9 Å². The molecule has 1 aliphatic rings. The molecule has 100 valence electrons. The number of hydrogen-bond acceptors (Lipinski definition) is 0. The summed E-state index contributed by atoms with van der Waals surface area (Å²) in [4.78, 5) is 0. The smallest absolute Gasteiger partial charge is 0.207 e. The van der Waals surface area contributed by atoms with Crippen LogP contribution in [0.25, 0.3) is 0 Å². The van der Waals surface area contributed by atoms with Gasteiger partial charge in [0.15, 0.2) is 0 Å². The zero-order chi connectivity index (χ0) is 13.2. The summed E-state index contributed by atoms with van der Waals surface area (Å²) in [5, 5.41) is 0.607. The number of hydrogen-bond donors (Lipinski definition) is 0. The molecule has 2 atom stereocenters. The van der Waals surface area contributed by atoms with Crippen LogP contribution in [0.2, 0.25) is 0 Å². The lowest BCUT2D eigenvalue weighted by Crippen LogP contribution is -2.12. The van der Waals surface area contributed by atoms with Crippen LogP contribution in [0, 0.1) is 11.7 Å². The largest absolute Gasteiger partial charge is 0.248 e. The van der Waals surface area contributed by atoms with Gasteiger partial charge in [-0.25, -0.2) is 13.2 Å². The second kappa shape index (κ2) is 5.64. The first-order valence-corrected chi connectivity index (χ1v) is 7.32. The molecule has 1 aromatic rings. The van der Waals surface area contributed by atoms with Crippen LogP contribution in [-0.2, 0) is 0 Å². The summed E-state index contributed by atoms with van der Waals surface area (Å²) in [6, 6.07) is 6.60. The van der Waals surface area contributed by atoms with E-state index in [1.165, 1.54) is 6.07 Å². The van der Waals surface area contributed by atoms with E-state index in [4.69, 9.17) is 0 Å². The van der Waals surface area contributed by atoms with Crippen molar-refractivity contribution in [2.75, 3.05) is 5.33 Å². The van der Waals surface area contributed by atoms with Gasteiger partial charge in [-0.1, -0.05) is 34.1 Å². The Morgan fingerprint density at radius 3 is 2.61 bits per heavy atom. The highest BCUT2D eigenvalue weighted by molar-refractivity contribution is 9.09. The molecule has 4 heteroatoms. The average molecular weight is 321 g/mol. The molecule has 0 aromatic heterocycles. The molecular weight excluding hydrogens is 305 g/mol. The second-order valence-electron chi connectivity index (χ2n) is 5.07. The first-order chi connectivity index (χ1) is 8.52. The Morgan fingerprint density at radius 1 is 1.33 bits per heavy atom. The van der Waals surface area contributed by atoms with Crippen LogP contribution in [0.4, 0.5) is 13.2 Å². The fraction of sp³-hybridized carbons (Fsp3) is 0.571. The quantitative estimate of drug-likeness (QED) is 0.675. The number of rotatable bonds is 4. The van der Waals surface area contributed by atoms with Crippen molar-refractivity contribution in [1.29, 1.82) is 0 Å². The van der Waals surface area contributed by atoms with Gasteiger partial charge in [0.2, 0.25) is 5.92 Å². The number of benzene rings is 1. The third kappa shape index (κ3) is 3.28. The fourth-order valence-corrected chi connectivity index (χ4v) is 3.34. The summed E-state index contributed by atoms with van der Waals surface area (Å²) in [5.74, 6) is -2.78. The standard InChI is InChI=1S/C14H16BrF3/c15-9-11(12-3-1-2-4-13(12)16)7-10-5-6-14(17,18)8-10/h1-4,10-11H,5-9H2. The normalized spacial score (nSPS) is 24.1. The van der Waals surface area contributed by atoms with Crippen molar-refractivity contribution in [3.63, 3.8) is 0 Å². The minimum absolute atomic E-state index is 0.00200. The molecule has 18 heavy (non-hydrogen) atoms. The Morgan fingerprint density at radius 2 is 2.06 bits per heavy atom. The zero-order valence-corrected chi connectivity index (χ0v) is 11.6. The fourth-order valence-electron chi connectivity index (χ4n) is 2.72. The number of halogens is 4. The van der Waals surface area contributed by atoms with Crippen LogP contribution in [0.1, 0.15) is 37.2 Å². The first kappa shape index (κ1) is 13.9. The molecule has 1 aromatic carbocycles. The molecule has 1 fully saturated rings. The molecule has 0 radical (unpaired) electrons. The van der Waals surface area contributed by atoms with Crippen LogP contribution in [0.5, 0.6) is 0 Å². The van der Waals surface area contributed by atoms with Crippen LogP contribution in [-0.4, -0.2) is 11.3 Å². The molecule has 2 unspecified atom stereocenters. The molecule has 0 amide bonds. The first-order valence-electron chi connectivity index (χ1n) is 6.20. The van der Waals surface area contributed by atoms with E-state index in [0.717, 1.165) is 0 Å². The highest BCUT2D eigenvalue weighted by Crippen LogP contribution is 2.43. The molecule has 2 rings (SSSR count). The Labute approximate surface area is 114 Å². The monoisotopic (exact) mass is 320 g/mol. The lowest BCUT2D eigenvalue weighted by molar-refractivity contribution is 0.00452.